The van der Waals surface area contributed by atoms with Gasteiger partial charge in [-0.2, -0.15) is 0 Å². The van der Waals surface area contributed by atoms with E-state index in [2.05, 4.69) is 26.3 Å². The maximum atomic E-state index is 4.42. The molecule has 1 aliphatic rings. The summed E-state index contributed by atoms with van der Waals surface area (Å²) < 4.78 is 0. The van der Waals surface area contributed by atoms with Crippen molar-refractivity contribution in [1.29, 1.82) is 0 Å². The van der Waals surface area contributed by atoms with Gasteiger partial charge in [-0.1, -0.05) is 12.1 Å². The summed E-state index contributed by atoms with van der Waals surface area (Å²) in [4.78, 5) is 11.0. The number of halogens is 2. The first-order valence-corrected chi connectivity index (χ1v) is 5.60. The molecule has 0 unspecified atom stereocenters. The fourth-order valence-electron chi connectivity index (χ4n) is 2.12. The third kappa shape index (κ3) is 4.16. The second kappa shape index (κ2) is 9.68. The molecule has 1 aliphatic heterocycles. The van der Waals surface area contributed by atoms with Crippen molar-refractivity contribution in [2.75, 3.05) is 31.1 Å². The van der Waals surface area contributed by atoms with Crippen LogP contribution in [0.25, 0.3) is 10.9 Å². The van der Waals surface area contributed by atoms with Crippen LogP contribution in [0.1, 0.15) is 0 Å². The zero-order chi connectivity index (χ0) is 10.8. The monoisotopic (exact) mass is 322 g/mol. The average Bonchev–Trinajstić information content (AvgIpc) is 2.39. The molecule has 5 N–H and O–H groups in total. The van der Waals surface area contributed by atoms with Crippen molar-refractivity contribution in [1.82, 2.24) is 15.3 Å². The molecule has 0 aliphatic carbocycles. The van der Waals surface area contributed by atoms with E-state index in [9.17, 15) is 0 Å². The Morgan fingerprint density at radius 1 is 0.950 bits per heavy atom. The Morgan fingerprint density at radius 2 is 1.60 bits per heavy atom. The van der Waals surface area contributed by atoms with Crippen molar-refractivity contribution in [3.8, 4) is 0 Å². The standard InChI is InChI=1S/C12H14N4.2ClH.2H2O/c1-2-4-11-10(3-1)12(15-9-14-11)16-7-5-13-6-8-16;;;;/h1-4,9,13H,5-8H2;2*1H;2*1H2. The van der Waals surface area contributed by atoms with E-state index in [4.69, 9.17) is 0 Å². The van der Waals surface area contributed by atoms with Gasteiger partial charge in [-0.15, -0.1) is 24.8 Å². The molecule has 1 aromatic heterocycles. The Morgan fingerprint density at radius 3 is 2.30 bits per heavy atom. The lowest BCUT2D eigenvalue weighted by Crippen LogP contribution is -2.44. The lowest BCUT2D eigenvalue weighted by atomic mass is 10.2. The molecule has 1 aromatic carbocycles. The zero-order valence-corrected chi connectivity index (χ0v) is 12.5. The number of benzene rings is 1. The van der Waals surface area contributed by atoms with Gasteiger partial charge >= 0.3 is 0 Å². The van der Waals surface area contributed by atoms with Gasteiger partial charge in [-0.05, 0) is 12.1 Å². The van der Waals surface area contributed by atoms with E-state index in [0.29, 0.717) is 0 Å². The summed E-state index contributed by atoms with van der Waals surface area (Å²) in [5, 5.41) is 4.49. The number of nitrogens with zero attached hydrogens (tertiary/aromatic N) is 3. The summed E-state index contributed by atoms with van der Waals surface area (Å²) in [7, 11) is 0. The number of rotatable bonds is 1. The quantitative estimate of drug-likeness (QED) is 0.811. The third-order valence-electron chi connectivity index (χ3n) is 2.94. The molecule has 2 heterocycles. The highest BCUT2D eigenvalue weighted by atomic mass is 35.5. The molecule has 0 atom stereocenters. The maximum absolute atomic E-state index is 4.42. The Kier molecular flexibility index (Phi) is 10.2. The number of aromatic nitrogens is 2. The second-order valence-electron chi connectivity index (χ2n) is 3.95. The van der Waals surface area contributed by atoms with Gasteiger partial charge < -0.3 is 21.2 Å². The summed E-state index contributed by atoms with van der Waals surface area (Å²) in [6.07, 6.45) is 1.65. The number of nitrogens with one attached hydrogen (secondary N) is 1. The smallest absolute Gasteiger partial charge is 0.139 e. The van der Waals surface area contributed by atoms with Gasteiger partial charge in [0.1, 0.15) is 12.1 Å². The molecule has 0 amide bonds. The lowest BCUT2D eigenvalue weighted by Gasteiger charge is -2.29. The number of piperazine rings is 1. The van der Waals surface area contributed by atoms with Crippen molar-refractivity contribution >= 4 is 41.5 Å². The third-order valence-corrected chi connectivity index (χ3v) is 2.94. The number of para-hydroxylation sites is 1. The van der Waals surface area contributed by atoms with Gasteiger partial charge in [0.15, 0.2) is 0 Å². The summed E-state index contributed by atoms with van der Waals surface area (Å²) in [6.45, 7) is 4.08. The predicted octanol–water partition coefficient (Wildman–Crippen LogP) is 0.234. The fraction of sp³-hybridized carbons (Fsp3) is 0.333. The molecule has 3 rings (SSSR count). The molecule has 0 bridgehead atoms. The molecule has 1 fully saturated rings. The van der Waals surface area contributed by atoms with Crippen LogP contribution in [0.3, 0.4) is 0 Å². The first-order valence-electron chi connectivity index (χ1n) is 5.60. The van der Waals surface area contributed by atoms with E-state index in [1.807, 2.05) is 18.2 Å². The normalized spacial score (nSPS) is 13.3. The molecule has 0 saturated carbocycles. The van der Waals surface area contributed by atoms with Crippen LogP contribution in [0, 0.1) is 0 Å². The SMILES string of the molecule is Cl.Cl.O.O.c1ccc2c(N3CCNCC3)ncnc2c1. The van der Waals surface area contributed by atoms with Crippen LogP contribution in [-0.2, 0) is 0 Å². The Labute approximate surface area is 130 Å². The van der Waals surface area contributed by atoms with Crippen molar-refractivity contribution in [3.05, 3.63) is 30.6 Å². The van der Waals surface area contributed by atoms with Crippen LogP contribution in [0.5, 0.6) is 0 Å². The first kappa shape index (κ1) is 21.1. The van der Waals surface area contributed by atoms with Crippen LogP contribution in [-0.4, -0.2) is 47.1 Å². The van der Waals surface area contributed by atoms with Gasteiger partial charge in [0.25, 0.3) is 0 Å². The Hall–Kier alpha value is -1.18. The summed E-state index contributed by atoms with van der Waals surface area (Å²) in [5.74, 6) is 1.06. The Bertz CT molecular complexity index is 504. The molecule has 8 heteroatoms. The van der Waals surface area contributed by atoms with E-state index in [0.717, 1.165) is 42.9 Å². The zero-order valence-electron chi connectivity index (χ0n) is 10.9. The van der Waals surface area contributed by atoms with E-state index >= 15 is 0 Å². The van der Waals surface area contributed by atoms with Gasteiger partial charge in [0.05, 0.1) is 5.52 Å². The lowest BCUT2D eigenvalue weighted by molar-refractivity contribution is 0.586. The predicted molar refractivity (Wildman–Crippen MR) is 86.3 cm³/mol. The largest absolute Gasteiger partial charge is 0.412 e. The minimum Gasteiger partial charge on any atom is -0.412 e. The molecule has 1 saturated heterocycles. The molecule has 0 radical (unpaired) electrons. The first-order chi connectivity index (χ1) is 7.95. The van der Waals surface area contributed by atoms with E-state index in [1.54, 1.807) is 6.33 Å². The summed E-state index contributed by atoms with van der Waals surface area (Å²) >= 11 is 0. The molecule has 20 heavy (non-hydrogen) atoms. The highest BCUT2D eigenvalue weighted by molar-refractivity contribution is 5.89. The average molecular weight is 323 g/mol. The molecular formula is C12H20Cl2N4O2. The van der Waals surface area contributed by atoms with Crippen LogP contribution in [0.4, 0.5) is 5.82 Å². The maximum Gasteiger partial charge on any atom is 0.139 e. The van der Waals surface area contributed by atoms with Gasteiger partial charge in [0, 0.05) is 31.6 Å². The van der Waals surface area contributed by atoms with Crippen LogP contribution in [0.15, 0.2) is 30.6 Å². The number of fused-ring (bicyclic) bond motifs is 1. The molecule has 2 aromatic rings. The van der Waals surface area contributed by atoms with Gasteiger partial charge in [0.2, 0.25) is 0 Å². The second-order valence-corrected chi connectivity index (χ2v) is 3.95. The van der Waals surface area contributed by atoms with Crippen molar-refractivity contribution in [3.63, 3.8) is 0 Å². The number of anilines is 1. The topological polar surface area (TPSA) is 104 Å². The number of hydrogen-bond donors (Lipinski definition) is 1. The molecular weight excluding hydrogens is 303 g/mol. The van der Waals surface area contributed by atoms with E-state index in [1.165, 1.54) is 0 Å². The molecule has 114 valence electrons. The molecule has 0 spiro atoms. The van der Waals surface area contributed by atoms with Gasteiger partial charge in [-0.25, -0.2) is 9.97 Å². The van der Waals surface area contributed by atoms with Crippen LogP contribution in [0.2, 0.25) is 0 Å². The van der Waals surface area contributed by atoms with Crippen molar-refractivity contribution < 1.29 is 11.0 Å². The minimum atomic E-state index is 0. The van der Waals surface area contributed by atoms with Gasteiger partial charge in [-0.3, -0.25) is 0 Å². The van der Waals surface area contributed by atoms with E-state index in [-0.39, 0.29) is 35.8 Å². The number of hydrogen-bond acceptors (Lipinski definition) is 4. The fourth-order valence-corrected chi connectivity index (χ4v) is 2.12. The van der Waals surface area contributed by atoms with Crippen molar-refractivity contribution in [2.45, 2.75) is 0 Å². The van der Waals surface area contributed by atoms with Crippen LogP contribution < -0.4 is 10.2 Å². The van der Waals surface area contributed by atoms with Crippen LogP contribution >= 0.6 is 24.8 Å². The minimum absolute atomic E-state index is 0. The summed E-state index contributed by atoms with van der Waals surface area (Å²) in [5.41, 5.74) is 1.02. The molecule has 6 nitrogen and oxygen atoms in total. The highest BCUT2D eigenvalue weighted by Gasteiger charge is 2.14. The van der Waals surface area contributed by atoms with E-state index < -0.39 is 0 Å². The van der Waals surface area contributed by atoms with Crippen molar-refractivity contribution in [2.24, 2.45) is 0 Å². The Balaban J connectivity index is 0. The highest BCUT2D eigenvalue weighted by Crippen LogP contribution is 2.22. The summed E-state index contributed by atoms with van der Waals surface area (Å²) in [6, 6.07) is 8.17.